The van der Waals surface area contributed by atoms with Gasteiger partial charge in [0.15, 0.2) is 0 Å². The highest BCUT2D eigenvalue weighted by atomic mass is 32.2. The van der Waals surface area contributed by atoms with Gasteiger partial charge in [-0.1, -0.05) is 36.3 Å². The van der Waals surface area contributed by atoms with Crippen molar-refractivity contribution in [2.45, 2.75) is 58.0 Å². The molecule has 1 aliphatic heterocycles. The maximum atomic E-state index is 11.7. The number of carboxylic acids is 1. The van der Waals surface area contributed by atoms with Gasteiger partial charge in [-0.3, -0.25) is 4.79 Å². The highest BCUT2D eigenvalue weighted by Gasteiger charge is 2.24. The second-order valence-corrected chi connectivity index (χ2v) is 13.3. The predicted octanol–water partition coefficient (Wildman–Crippen LogP) is 6.21. The lowest BCUT2D eigenvalue weighted by Gasteiger charge is -2.22. The van der Waals surface area contributed by atoms with Crippen molar-refractivity contribution in [3.05, 3.63) is 82.9 Å². The predicted molar refractivity (Wildman–Crippen MR) is 160 cm³/mol. The Balaban J connectivity index is 1.25. The van der Waals surface area contributed by atoms with Crippen LogP contribution in [-0.2, 0) is 34.1 Å². The molecule has 1 fully saturated rings. The van der Waals surface area contributed by atoms with Gasteiger partial charge < -0.3 is 14.6 Å². The third-order valence-electron chi connectivity index (χ3n) is 7.98. The highest BCUT2D eigenvalue weighted by molar-refractivity contribution is 7.91. The van der Waals surface area contributed by atoms with Crippen LogP contribution in [0.5, 0.6) is 11.5 Å². The minimum atomic E-state index is -2.86. The third-order valence-corrected chi connectivity index (χ3v) is 9.69. The van der Waals surface area contributed by atoms with Crippen LogP contribution in [0.4, 0.5) is 0 Å². The number of fused-ring (bicyclic) bond motifs is 3. The van der Waals surface area contributed by atoms with E-state index < -0.39 is 15.8 Å². The van der Waals surface area contributed by atoms with Gasteiger partial charge in [-0.2, -0.15) is 0 Å². The zero-order valence-electron chi connectivity index (χ0n) is 23.4. The summed E-state index contributed by atoms with van der Waals surface area (Å²) in [6.07, 6.45) is 4.38. The number of carbonyl (C=O) groups is 1. The largest absolute Gasteiger partial charge is 0.493 e. The van der Waals surface area contributed by atoms with Crippen molar-refractivity contribution in [1.82, 2.24) is 0 Å². The zero-order valence-corrected chi connectivity index (χ0v) is 24.2. The topological polar surface area (TPSA) is 89.9 Å². The number of aryl methyl sites for hydroxylation is 2. The summed E-state index contributed by atoms with van der Waals surface area (Å²) in [7, 11) is -2.86. The van der Waals surface area contributed by atoms with Crippen molar-refractivity contribution in [3.8, 4) is 34.5 Å². The zero-order chi connectivity index (χ0) is 28.8. The molecular weight excluding hydrogens is 536 g/mol. The average Bonchev–Trinajstić information content (AvgIpc) is 3.14. The molecule has 3 aromatic carbocycles. The highest BCUT2D eigenvalue weighted by Crippen LogP contribution is 2.36. The molecule has 0 aromatic heterocycles. The molecule has 1 aliphatic carbocycles. The Bertz CT molecular complexity index is 1550. The molecule has 1 atom stereocenters. The van der Waals surface area contributed by atoms with E-state index >= 15 is 0 Å². The van der Waals surface area contributed by atoms with Crippen molar-refractivity contribution in [2.24, 2.45) is 5.92 Å². The number of benzene rings is 3. The number of aliphatic carboxylic acids is 1. The first-order chi connectivity index (χ1) is 19.8. The van der Waals surface area contributed by atoms with Crippen molar-refractivity contribution >= 4 is 15.8 Å². The Hall–Kier alpha value is -3.76. The molecule has 0 saturated carbocycles. The summed E-state index contributed by atoms with van der Waals surface area (Å²) < 4.78 is 35.6. The van der Waals surface area contributed by atoms with E-state index in [1.54, 1.807) is 6.92 Å². The van der Waals surface area contributed by atoms with E-state index in [1.165, 1.54) is 22.3 Å². The summed E-state index contributed by atoms with van der Waals surface area (Å²) in [5.74, 6) is 6.98. The van der Waals surface area contributed by atoms with Crippen LogP contribution in [0.3, 0.4) is 0 Å². The van der Waals surface area contributed by atoms with Gasteiger partial charge in [0.2, 0.25) is 0 Å². The first-order valence-electron chi connectivity index (χ1n) is 14.2. The lowest BCUT2D eigenvalue weighted by atomic mass is 9.94. The lowest BCUT2D eigenvalue weighted by Crippen LogP contribution is -2.26. The first-order valence-corrected chi connectivity index (χ1v) is 16.1. The maximum absolute atomic E-state index is 11.7. The molecule has 1 heterocycles. The third kappa shape index (κ3) is 7.51. The maximum Gasteiger partial charge on any atom is 0.304 e. The fourth-order valence-electron chi connectivity index (χ4n) is 5.66. The molecule has 41 heavy (non-hydrogen) atoms. The number of rotatable bonds is 9. The summed E-state index contributed by atoms with van der Waals surface area (Å²) in [6, 6.07) is 20.4. The smallest absolute Gasteiger partial charge is 0.304 e. The van der Waals surface area contributed by atoms with Gasteiger partial charge in [-0.25, -0.2) is 8.42 Å². The van der Waals surface area contributed by atoms with Crippen LogP contribution in [0.1, 0.15) is 60.8 Å². The Morgan fingerprint density at radius 2 is 1.66 bits per heavy atom. The van der Waals surface area contributed by atoms with Crippen LogP contribution >= 0.6 is 0 Å². The minimum absolute atomic E-state index is 0.0296. The van der Waals surface area contributed by atoms with Crippen LogP contribution in [0, 0.1) is 17.8 Å². The van der Waals surface area contributed by atoms with Gasteiger partial charge >= 0.3 is 5.97 Å². The minimum Gasteiger partial charge on any atom is -0.493 e. The fraction of sp³-hybridized carbons (Fsp3) is 0.382. The monoisotopic (exact) mass is 572 g/mol. The second-order valence-electron chi connectivity index (χ2n) is 11.0. The number of hydrogen-bond donors (Lipinski definition) is 1. The molecule has 0 bridgehead atoms. The summed E-state index contributed by atoms with van der Waals surface area (Å²) in [5.41, 5.74) is 7.00. The average molecular weight is 573 g/mol. The first kappa shape index (κ1) is 28.8. The second kappa shape index (κ2) is 12.8. The van der Waals surface area contributed by atoms with E-state index in [0.29, 0.717) is 26.1 Å². The van der Waals surface area contributed by atoms with E-state index in [2.05, 4.69) is 42.2 Å². The molecule has 1 saturated heterocycles. The van der Waals surface area contributed by atoms with Crippen LogP contribution in [0.15, 0.2) is 60.7 Å². The van der Waals surface area contributed by atoms with E-state index in [1.807, 2.05) is 30.3 Å². The van der Waals surface area contributed by atoms with Crippen molar-refractivity contribution < 1.29 is 27.8 Å². The van der Waals surface area contributed by atoms with E-state index in [0.717, 1.165) is 41.9 Å². The molecule has 1 N–H and O–H groups in total. The van der Waals surface area contributed by atoms with E-state index in [-0.39, 0.29) is 29.8 Å². The molecule has 7 heteroatoms. The van der Waals surface area contributed by atoms with Crippen LogP contribution in [0.25, 0.3) is 11.1 Å². The SMILES string of the molecule is CC#C[C@@H](CC(=O)O)c1ccc(OCc2ccc3c(c2)-c2ccc(OCC4CCS(=O)(=O)CC4)cc2CCC3)cc1. The molecule has 0 unspecified atom stereocenters. The van der Waals surface area contributed by atoms with E-state index in [9.17, 15) is 18.3 Å². The van der Waals surface area contributed by atoms with E-state index in [4.69, 9.17) is 9.47 Å². The number of hydrogen-bond acceptors (Lipinski definition) is 5. The van der Waals surface area contributed by atoms with Gasteiger partial charge in [0, 0.05) is 0 Å². The molecule has 2 aliphatic rings. The number of sulfone groups is 1. The van der Waals surface area contributed by atoms with Gasteiger partial charge in [-0.15, -0.1) is 5.92 Å². The van der Waals surface area contributed by atoms with Gasteiger partial charge in [0.05, 0.1) is 30.5 Å². The van der Waals surface area contributed by atoms with Crippen LogP contribution in [0.2, 0.25) is 0 Å². The van der Waals surface area contributed by atoms with Crippen molar-refractivity contribution in [3.63, 3.8) is 0 Å². The molecule has 214 valence electrons. The van der Waals surface area contributed by atoms with Gasteiger partial charge in [0.1, 0.15) is 27.9 Å². The normalized spacial score (nSPS) is 16.7. The Morgan fingerprint density at radius 1 is 0.927 bits per heavy atom. The molecule has 0 amide bonds. The molecule has 6 nitrogen and oxygen atoms in total. The quantitative estimate of drug-likeness (QED) is 0.307. The molecular formula is C34H36O6S. The summed E-state index contributed by atoms with van der Waals surface area (Å²) in [6.45, 7) is 2.70. The Morgan fingerprint density at radius 3 is 2.39 bits per heavy atom. The summed E-state index contributed by atoms with van der Waals surface area (Å²) in [4.78, 5) is 11.2. The number of ether oxygens (including phenoxy) is 2. The van der Waals surface area contributed by atoms with Crippen LogP contribution in [-0.4, -0.2) is 37.6 Å². The summed E-state index contributed by atoms with van der Waals surface area (Å²) >= 11 is 0. The van der Waals surface area contributed by atoms with Gasteiger partial charge in [0.25, 0.3) is 0 Å². The standard InChI is InChI=1S/C34H36O6S/c1-2-4-28(21-34(35)36)26-9-11-30(12-10-26)39-23-25-7-8-27-5-3-6-29-20-31(13-14-32(29)33(27)19-25)40-22-24-15-17-41(37,38)18-16-24/h7-14,19-20,24,28H,3,5-6,15-18,21-23H2,1H3,(H,35,36)/t28-/m0/s1. The van der Waals surface area contributed by atoms with Crippen LogP contribution < -0.4 is 9.47 Å². The fourth-order valence-corrected chi connectivity index (χ4v) is 7.25. The lowest BCUT2D eigenvalue weighted by molar-refractivity contribution is -0.137. The Labute approximate surface area is 242 Å². The number of carboxylic acid groups (broad SMARTS) is 1. The van der Waals surface area contributed by atoms with Crippen molar-refractivity contribution in [2.75, 3.05) is 18.1 Å². The molecule has 5 rings (SSSR count). The molecule has 0 spiro atoms. The van der Waals surface area contributed by atoms with Gasteiger partial charge in [-0.05, 0) is 109 Å². The molecule has 0 radical (unpaired) electrons. The summed E-state index contributed by atoms with van der Waals surface area (Å²) in [5, 5.41) is 9.19. The molecule has 3 aromatic rings. The Kier molecular flexibility index (Phi) is 8.99. The van der Waals surface area contributed by atoms with Crippen molar-refractivity contribution in [1.29, 1.82) is 0 Å².